The Bertz CT molecular complexity index is 951. The molecule has 158 valence electrons. The second-order valence-corrected chi connectivity index (χ2v) is 7.63. The molecule has 30 heavy (non-hydrogen) atoms. The molecule has 0 saturated carbocycles. The highest BCUT2D eigenvalue weighted by atomic mass is 35.5. The summed E-state index contributed by atoms with van der Waals surface area (Å²) in [6.45, 7) is 4.29. The fourth-order valence-electron chi connectivity index (χ4n) is 3.39. The van der Waals surface area contributed by atoms with E-state index in [1.54, 1.807) is 55.6 Å². The van der Waals surface area contributed by atoms with Crippen molar-refractivity contribution in [2.75, 3.05) is 20.3 Å². The van der Waals surface area contributed by atoms with Crippen LogP contribution in [0.25, 0.3) is 5.76 Å². The number of carbonyl (C=O) groups excluding carboxylic acids is 2. The monoisotopic (exact) mass is 429 g/mol. The van der Waals surface area contributed by atoms with Crippen molar-refractivity contribution in [2.45, 2.75) is 26.0 Å². The van der Waals surface area contributed by atoms with Gasteiger partial charge < -0.3 is 19.5 Å². The molecule has 1 aliphatic rings. The van der Waals surface area contributed by atoms with E-state index in [4.69, 9.17) is 21.1 Å². The number of likely N-dealkylation sites (tertiary alicyclic amines) is 1. The molecular weight excluding hydrogens is 406 g/mol. The zero-order valence-electron chi connectivity index (χ0n) is 17.1. The molecule has 0 radical (unpaired) electrons. The maximum absolute atomic E-state index is 12.9. The summed E-state index contributed by atoms with van der Waals surface area (Å²) >= 11 is 6.01. The Morgan fingerprint density at radius 1 is 1.10 bits per heavy atom. The zero-order valence-corrected chi connectivity index (χ0v) is 17.8. The molecule has 7 heteroatoms. The van der Waals surface area contributed by atoms with Gasteiger partial charge in [0, 0.05) is 17.1 Å². The molecule has 0 spiro atoms. The van der Waals surface area contributed by atoms with Gasteiger partial charge in [0.05, 0.1) is 31.4 Å². The summed E-state index contributed by atoms with van der Waals surface area (Å²) in [4.78, 5) is 27.1. The lowest BCUT2D eigenvalue weighted by Crippen LogP contribution is -2.33. The van der Waals surface area contributed by atoms with Gasteiger partial charge in [-0.25, -0.2) is 0 Å². The molecule has 1 fully saturated rings. The van der Waals surface area contributed by atoms with Crippen LogP contribution in [0, 0.1) is 0 Å². The van der Waals surface area contributed by atoms with E-state index < -0.39 is 17.7 Å². The van der Waals surface area contributed by atoms with Crippen molar-refractivity contribution < 1.29 is 24.2 Å². The number of ketones is 1. The first-order chi connectivity index (χ1) is 14.3. The van der Waals surface area contributed by atoms with E-state index in [2.05, 4.69) is 0 Å². The molecule has 0 aliphatic carbocycles. The third-order valence-electron chi connectivity index (χ3n) is 4.87. The molecule has 1 aliphatic heterocycles. The molecule has 0 aromatic heterocycles. The van der Waals surface area contributed by atoms with Crippen molar-refractivity contribution in [3.63, 3.8) is 0 Å². The van der Waals surface area contributed by atoms with E-state index in [-0.39, 0.29) is 30.6 Å². The molecule has 1 amide bonds. The van der Waals surface area contributed by atoms with Crippen molar-refractivity contribution in [2.24, 2.45) is 0 Å². The number of hydrogen-bond donors (Lipinski definition) is 1. The lowest BCUT2D eigenvalue weighted by atomic mass is 9.95. The number of halogens is 1. The van der Waals surface area contributed by atoms with Crippen LogP contribution < -0.4 is 4.74 Å². The number of nitrogens with zero attached hydrogens (tertiary/aromatic N) is 1. The summed E-state index contributed by atoms with van der Waals surface area (Å²) in [5, 5.41) is 11.5. The Morgan fingerprint density at radius 2 is 1.73 bits per heavy atom. The smallest absolute Gasteiger partial charge is 0.295 e. The Hall–Kier alpha value is -2.83. The summed E-state index contributed by atoms with van der Waals surface area (Å²) in [6.07, 6.45) is -0.00453. The number of rotatable bonds is 7. The van der Waals surface area contributed by atoms with Gasteiger partial charge in [0.1, 0.15) is 11.5 Å². The van der Waals surface area contributed by atoms with Gasteiger partial charge in [0.25, 0.3) is 11.7 Å². The third kappa shape index (κ3) is 4.50. The van der Waals surface area contributed by atoms with Crippen molar-refractivity contribution >= 4 is 29.1 Å². The fraction of sp³-hybridized carbons (Fsp3) is 0.304. The molecule has 2 aromatic carbocycles. The average molecular weight is 430 g/mol. The van der Waals surface area contributed by atoms with Crippen LogP contribution in [0.15, 0.2) is 54.1 Å². The minimum absolute atomic E-state index is 0.00453. The first kappa shape index (κ1) is 21.9. The van der Waals surface area contributed by atoms with E-state index in [0.717, 1.165) is 0 Å². The normalized spacial score (nSPS) is 18.3. The van der Waals surface area contributed by atoms with Crippen LogP contribution in [0.4, 0.5) is 0 Å². The standard InChI is InChI=1S/C23H24ClNO5/c1-14(2)30-13-12-25-20(15-4-8-17(24)9-5-15)19(22(27)23(25)28)21(26)16-6-10-18(29-3)11-7-16/h4-11,14,20,26H,12-13H2,1-3H3/b21-19-. The van der Waals surface area contributed by atoms with Crippen molar-refractivity contribution in [1.82, 2.24) is 4.90 Å². The zero-order chi connectivity index (χ0) is 21.8. The summed E-state index contributed by atoms with van der Waals surface area (Å²) in [5.74, 6) is -1.01. The lowest BCUT2D eigenvalue weighted by Gasteiger charge is -2.25. The van der Waals surface area contributed by atoms with Crippen LogP contribution in [0.5, 0.6) is 5.75 Å². The van der Waals surface area contributed by atoms with Crippen LogP contribution in [0.2, 0.25) is 5.02 Å². The van der Waals surface area contributed by atoms with E-state index >= 15 is 0 Å². The molecule has 1 heterocycles. The minimum Gasteiger partial charge on any atom is -0.507 e. The first-order valence-corrected chi connectivity index (χ1v) is 10.0. The molecule has 0 bridgehead atoms. The molecule has 1 unspecified atom stereocenters. The Kier molecular flexibility index (Phi) is 6.80. The molecule has 1 N–H and O–H groups in total. The predicted octanol–water partition coefficient (Wildman–Crippen LogP) is 4.20. The number of hydrogen-bond acceptors (Lipinski definition) is 5. The highest BCUT2D eigenvalue weighted by Crippen LogP contribution is 2.39. The van der Waals surface area contributed by atoms with Gasteiger partial charge in [-0.3, -0.25) is 9.59 Å². The van der Waals surface area contributed by atoms with Crippen LogP contribution in [-0.4, -0.2) is 48.1 Å². The van der Waals surface area contributed by atoms with Crippen LogP contribution in [0.3, 0.4) is 0 Å². The minimum atomic E-state index is -0.736. The van der Waals surface area contributed by atoms with Gasteiger partial charge in [-0.15, -0.1) is 0 Å². The molecule has 1 atom stereocenters. The molecule has 6 nitrogen and oxygen atoms in total. The van der Waals surface area contributed by atoms with Crippen LogP contribution in [0.1, 0.15) is 31.0 Å². The van der Waals surface area contributed by atoms with E-state index in [9.17, 15) is 14.7 Å². The van der Waals surface area contributed by atoms with E-state index in [0.29, 0.717) is 21.9 Å². The SMILES string of the molecule is COc1ccc(/C(O)=C2/C(=O)C(=O)N(CCOC(C)C)C2c2ccc(Cl)cc2)cc1. The lowest BCUT2D eigenvalue weighted by molar-refractivity contribution is -0.140. The summed E-state index contributed by atoms with van der Waals surface area (Å²) in [7, 11) is 1.54. The maximum atomic E-state index is 12.9. The fourth-order valence-corrected chi connectivity index (χ4v) is 3.52. The number of aliphatic hydroxyl groups excluding tert-OH is 1. The Morgan fingerprint density at radius 3 is 2.30 bits per heavy atom. The van der Waals surface area contributed by atoms with Crippen LogP contribution >= 0.6 is 11.6 Å². The van der Waals surface area contributed by atoms with E-state index in [1.165, 1.54) is 4.90 Å². The van der Waals surface area contributed by atoms with Gasteiger partial charge in [-0.1, -0.05) is 23.7 Å². The van der Waals surface area contributed by atoms with Gasteiger partial charge in [0.2, 0.25) is 0 Å². The largest absolute Gasteiger partial charge is 0.507 e. The molecular formula is C23H24ClNO5. The highest BCUT2D eigenvalue weighted by Gasteiger charge is 2.45. The maximum Gasteiger partial charge on any atom is 0.295 e. The summed E-state index contributed by atoms with van der Waals surface area (Å²) < 4.78 is 10.7. The van der Waals surface area contributed by atoms with Crippen molar-refractivity contribution in [1.29, 1.82) is 0 Å². The quantitative estimate of drug-likeness (QED) is 0.405. The number of Topliss-reactive ketones (excluding diaryl/α,β-unsaturated/α-hetero) is 1. The number of carbonyl (C=O) groups is 2. The second kappa shape index (κ2) is 9.32. The average Bonchev–Trinajstić information content (AvgIpc) is 2.98. The number of amides is 1. The second-order valence-electron chi connectivity index (χ2n) is 7.19. The third-order valence-corrected chi connectivity index (χ3v) is 5.12. The Labute approximate surface area is 180 Å². The topological polar surface area (TPSA) is 76.1 Å². The molecule has 2 aromatic rings. The van der Waals surface area contributed by atoms with Gasteiger partial charge in [-0.05, 0) is 55.8 Å². The Balaban J connectivity index is 2.06. The number of ether oxygens (including phenoxy) is 2. The van der Waals surface area contributed by atoms with Gasteiger partial charge in [-0.2, -0.15) is 0 Å². The van der Waals surface area contributed by atoms with Crippen molar-refractivity contribution in [3.8, 4) is 5.75 Å². The number of methoxy groups -OCH3 is 1. The van der Waals surface area contributed by atoms with Crippen molar-refractivity contribution in [3.05, 3.63) is 70.3 Å². The number of benzene rings is 2. The summed E-state index contributed by atoms with van der Waals surface area (Å²) in [5.41, 5.74) is 1.14. The van der Waals surface area contributed by atoms with E-state index in [1.807, 2.05) is 13.8 Å². The van der Waals surface area contributed by atoms with Crippen LogP contribution in [-0.2, 0) is 14.3 Å². The number of aliphatic hydroxyl groups is 1. The molecule has 3 rings (SSSR count). The first-order valence-electron chi connectivity index (χ1n) is 9.63. The van der Waals surface area contributed by atoms with Gasteiger partial charge >= 0.3 is 0 Å². The summed E-state index contributed by atoms with van der Waals surface area (Å²) in [6, 6.07) is 12.8. The highest BCUT2D eigenvalue weighted by molar-refractivity contribution is 6.46. The predicted molar refractivity (Wildman–Crippen MR) is 115 cm³/mol. The molecule has 1 saturated heterocycles. The van der Waals surface area contributed by atoms with Gasteiger partial charge in [0.15, 0.2) is 0 Å².